The first-order valence-corrected chi connectivity index (χ1v) is 15.7. The van der Waals surface area contributed by atoms with Gasteiger partial charge in [0.2, 0.25) is 11.8 Å². The van der Waals surface area contributed by atoms with Crippen LogP contribution >= 0.6 is 11.6 Å². The molecule has 13 heteroatoms. The molecule has 0 unspecified atom stereocenters. The molecule has 3 aromatic rings. The second-order valence-corrected chi connectivity index (χ2v) is 13.2. The molecule has 1 aromatic carbocycles. The van der Waals surface area contributed by atoms with Gasteiger partial charge in [-0.1, -0.05) is 29.8 Å². The van der Waals surface area contributed by atoms with E-state index in [1.165, 1.54) is 20.3 Å². The molecule has 4 rings (SSSR count). The zero-order valence-electron chi connectivity index (χ0n) is 24.9. The number of amides is 1. The number of sulfonamides is 1. The molecule has 11 nitrogen and oxygen atoms in total. The number of ether oxygens (including phenoxy) is 2. The van der Waals surface area contributed by atoms with Crippen LogP contribution in [0.2, 0.25) is 5.02 Å². The second kappa shape index (κ2) is 13.6. The summed E-state index contributed by atoms with van der Waals surface area (Å²) < 4.78 is 38.6. The molecule has 2 aromatic heterocycles. The maximum absolute atomic E-state index is 12.9. The number of hydrogen-bond donors (Lipinski definition) is 2. The van der Waals surface area contributed by atoms with Crippen LogP contribution in [-0.2, 0) is 14.8 Å². The highest BCUT2D eigenvalue weighted by molar-refractivity contribution is 7.92. The fourth-order valence-electron chi connectivity index (χ4n) is 5.03. The topological polar surface area (TPSA) is 136 Å². The average Bonchev–Trinajstić information content (AvgIpc) is 2.98. The van der Waals surface area contributed by atoms with Crippen molar-refractivity contribution in [2.24, 2.45) is 0 Å². The third-order valence-electron chi connectivity index (χ3n) is 7.07. The van der Waals surface area contributed by atoms with Crippen LogP contribution in [0.1, 0.15) is 57.6 Å². The van der Waals surface area contributed by atoms with Crippen LogP contribution in [0, 0.1) is 0 Å². The first-order chi connectivity index (χ1) is 20.4. The first-order valence-electron chi connectivity index (χ1n) is 13.9. The van der Waals surface area contributed by atoms with E-state index in [0.29, 0.717) is 11.5 Å². The molecule has 0 spiro atoms. The number of nitrogens with zero attached hydrogens (tertiary/aromatic N) is 4. The minimum Gasteiger partial charge on any atom is -0.481 e. The minimum absolute atomic E-state index is 0.123. The first kappa shape index (κ1) is 32.0. The van der Waals surface area contributed by atoms with E-state index in [1.807, 2.05) is 25.7 Å². The van der Waals surface area contributed by atoms with Crippen LogP contribution in [0.4, 0.5) is 16.4 Å². The molecular formula is C30H37ClN6O5S. The number of carbonyl (C=O) groups is 1. The number of nitrogens with one attached hydrogen (secondary N) is 2. The number of pyridine rings is 1. The Balaban J connectivity index is 1.37. The van der Waals surface area contributed by atoms with Gasteiger partial charge in [0.15, 0.2) is 5.03 Å². The van der Waals surface area contributed by atoms with Crippen LogP contribution < -0.4 is 14.8 Å². The Kier molecular flexibility index (Phi) is 10.1. The lowest BCUT2D eigenvalue weighted by Crippen LogP contribution is -2.53. The number of halogens is 1. The predicted molar refractivity (Wildman–Crippen MR) is 168 cm³/mol. The van der Waals surface area contributed by atoms with E-state index in [-0.39, 0.29) is 45.3 Å². The summed E-state index contributed by atoms with van der Waals surface area (Å²) in [6.07, 6.45) is 10.1. The van der Waals surface area contributed by atoms with Gasteiger partial charge in [0.1, 0.15) is 0 Å². The summed E-state index contributed by atoms with van der Waals surface area (Å²) in [6.45, 7) is 6.06. The van der Waals surface area contributed by atoms with Crippen molar-refractivity contribution in [1.29, 1.82) is 0 Å². The smallest absolute Gasteiger partial charge is 0.410 e. The van der Waals surface area contributed by atoms with E-state index in [4.69, 9.17) is 21.1 Å². The van der Waals surface area contributed by atoms with Crippen molar-refractivity contribution in [2.75, 3.05) is 24.3 Å². The summed E-state index contributed by atoms with van der Waals surface area (Å²) in [4.78, 5) is 27.3. The predicted octanol–water partition coefficient (Wildman–Crippen LogP) is 6.09. The Morgan fingerprint density at radius 2 is 1.70 bits per heavy atom. The quantitative estimate of drug-likeness (QED) is 0.288. The Labute approximate surface area is 257 Å². The maximum atomic E-state index is 12.9. The number of anilines is 2. The molecule has 43 heavy (non-hydrogen) atoms. The summed E-state index contributed by atoms with van der Waals surface area (Å²) in [7, 11) is -1.15. The zero-order valence-corrected chi connectivity index (χ0v) is 26.4. The largest absolute Gasteiger partial charge is 0.481 e. The van der Waals surface area contributed by atoms with E-state index in [0.717, 1.165) is 31.2 Å². The zero-order chi connectivity index (χ0) is 31.2. The van der Waals surface area contributed by atoms with Gasteiger partial charge >= 0.3 is 6.09 Å². The van der Waals surface area contributed by atoms with Crippen molar-refractivity contribution < 1.29 is 22.7 Å². The van der Waals surface area contributed by atoms with E-state index < -0.39 is 10.0 Å². The number of hydrogen-bond acceptors (Lipinski definition) is 9. The molecule has 0 saturated heterocycles. The maximum Gasteiger partial charge on any atom is 0.410 e. The number of carbonyl (C=O) groups excluding carboxylic acids is 1. The van der Waals surface area contributed by atoms with Gasteiger partial charge in [-0.05, 0) is 76.8 Å². The van der Waals surface area contributed by atoms with Crippen molar-refractivity contribution in [3.8, 4) is 5.88 Å². The molecule has 0 radical (unpaired) electrons. The highest BCUT2D eigenvalue weighted by atomic mass is 35.5. The molecule has 0 aliphatic heterocycles. The Morgan fingerprint density at radius 3 is 2.30 bits per heavy atom. The van der Waals surface area contributed by atoms with Gasteiger partial charge in [-0.2, -0.15) is 13.4 Å². The molecule has 1 saturated carbocycles. The molecule has 1 fully saturated rings. The summed E-state index contributed by atoms with van der Waals surface area (Å²) in [5, 5.41) is 3.47. The van der Waals surface area contributed by atoms with Crippen molar-refractivity contribution in [3.05, 3.63) is 64.9 Å². The normalized spacial score (nSPS) is 17.3. The number of benzene rings is 1. The van der Waals surface area contributed by atoms with Gasteiger partial charge in [-0.15, -0.1) is 0 Å². The molecule has 0 bridgehead atoms. The summed E-state index contributed by atoms with van der Waals surface area (Å²) in [5.41, 5.74) is 1.26. The van der Waals surface area contributed by atoms with Gasteiger partial charge in [0, 0.05) is 41.1 Å². The van der Waals surface area contributed by atoms with Crippen molar-refractivity contribution >= 4 is 51.5 Å². The van der Waals surface area contributed by atoms with E-state index in [9.17, 15) is 13.2 Å². The molecule has 2 heterocycles. The third-order valence-corrected chi connectivity index (χ3v) is 8.66. The van der Waals surface area contributed by atoms with Gasteiger partial charge < -0.3 is 19.7 Å². The van der Waals surface area contributed by atoms with E-state index >= 15 is 0 Å². The summed E-state index contributed by atoms with van der Waals surface area (Å²) in [5.74, 6) is 0.673. The molecular weight excluding hydrogens is 592 g/mol. The van der Waals surface area contributed by atoms with Crippen LogP contribution in [0.15, 0.2) is 53.8 Å². The Morgan fingerprint density at radius 1 is 1.02 bits per heavy atom. The lowest BCUT2D eigenvalue weighted by atomic mass is 9.88. The van der Waals surface area contributed by atoms with E-state index in [1.54, 1.807) is 54.9 Å². The highest BCUT2D eigenvalue weighted by Gasteiger charge is 2.36. The number of methoxy groups -OCH3 is 2. The second-order valence-electron chi connectivity index (χ2n) is 11.2. The Hall–Kier alpha value is -3.90. The third kappa shape index (κ3) is 8.14. The fourth-order valence-corrected chi connectivity index (χ4v) is 6.29. The standard InChI is InChI=1S/C30H37ClN6O5S/c1-30(2,3)37(29(38)42-5)23-15-13-22(14-16-23)34-28-32-18-20(19-33-28)10-11-21-12-17-26(35-27(21)41-4)43(39,40)36-25-9-7-6-8-24(25)31/h6-12,17-19,22-23,36H,13-16H2,1-5H3,(H,32,33,34)/b11-10+. The van der Waals surface area contributed by atoms with Crippen molar-refractivity contribution in [2.45, 2.75) is 69.1 Å². The number of para-hydroxylation sites is 1. The lowest BCUT2D eigenvalue weighted by molar-refractivity contribution is 0.0440. The molecule has 230 valence electrons. The van der Waals surface area contributed by atoms with Gasteiger partial charge in [0.25, 0.3) is 10.0 Å². The minimum atomic E-state index is -3.99. The number of aromatic nitrogens is 3. The van der Waals surface area contributed by atoms with Crippen molar-refractivity contribution in [3.63, 3.8) is 0 Å². The molecule has 1 amide bonds. The monoisotopic (exact) mass is 628 g/mol. The molecule has 0 atom stereocenters. The van der Waals surface area contributed by atoms with Gasteiger partial charge in [0.05, 0.1) is 24.9 Å². The number of rotatable bonds is 9. The van der Waals surface area contributed by atoms with Crippen LogP contribution in [-0.4, -0.2) is 66.2 Å². The van der Waals surface area contributed by atoms with Crippen molar-refractivity contribution in [1.82, 2.24) is 19.9 Å². The molecule has 1 aliphatic carbocycles. The van der Waals surface area contributed by atoms with E-state index in [2.05, 4.69) is 25.0 Å². The summed E-state index contributed by atoms with van der Waals surface area (Å²) >= 11 is 6.09. The van der Waals surface area contributed by atoms with Crippen LogP contribution in [0.25, 0.3) is 12.2 Å². The average molecular weight is 629 g/mol. The van der Waals surface area contributed by atoms with Gasteiger partial charge in [-0.3, -0.25) is 4.72 Å². The van der Waals surface area contributed by atoms with Crippen LogP contribution in [0.3, 0.4) is 0 Å². The lowest BCUT2D eigenvalue weighted by Gasteiger charge is -2.43. The molecule has 2 N–H and O–H groups in total. The highest BCUT2D eigenvalue weighted by Crippen LogP contribution is 2.30. The molecule has 1 aliphatic rings. The van der Waals surface area contributed by atoms with Gasteiger partial charge in [-0.25, -0.2) is 14.8 Å². The fraction of sp³-hybridized carbons (Fsp3) is 0.400. The van der Waals surface area contributed by atoms with Crippen LogP contribution in [0.5, 0.6) is 5.88 Å². The summed E-state index contributed by atoms with van der Waals surface area (Å²) in [6, 6.07) is 9.87. The Bertz CT molecular complexity index is 1550. The SMILES string of the molecule is COC(=O)N(C1CCC(Nc2ncc(/C=C/c3ccc(S(=O)(=O)Nc4ccccc4Cl)nc3OC)cn2)CC1)C(C)(C)C.